The number of nitrogens with one attached hydrogen (secondary N) is 1. The van der Waals surface area contributed by atoms with Crippen molar-refractivity contribution < 1.29 is 19.5 Å². The van der Waals surface area contributed by atoms with Crippen LogP contribution in [0.1, 0.15) is 49.4 Å². The molecule has 1 aromatic carbocycles. The number of carboxylic acid groups (broad SMARTS) is 1. The van der Waals surface area contributed by atoms with Crippen LogP contribution in [0, 0.1) is 5.92 Å². The predicted octanol–water partition coefficient (Wildman–Crippen LogP) is 2.05. The van der Waals surface area contributed by atoms with Crippen LogP contribution in [0.4, 0.5) is 0 Å². The molecule has 1 saturated heterocycles. The number of hydrogen-bond acceptors (Lipinski definition) is 3. The first kappa shape index (κ1) is 17.5. The molecule has 1 saturated carbocycles. The van der Waals surface area contributed by atoms with Gasteiger partial charge < -0.3 is 15.3 Å². The van der Waals surface area contributed by atoms with Gasteiger partial charge in [0.1, 0.15) is 12.1 Å². The topological polar surface area (TPSA) is 86.7 Å². The Bertz CT molecular complexity index is 661. The van der Waals surface area contributed by atoms with Crippen LogP contribution in [-0.2, 0) is 9.59 Å². The van der Waals surface area contributed by atoms with Crippen LogP contribution in [0.2, 0.25) is 0 Å². The zero-order chi connectivity index (χ0) is 18.0. The van der Waals surface area contributed by atoms with Crippen LogP contribution >= 0.6 is 0 Å². The fourth-order valence-electron chi connectivity index (χ4n) is 4.09. The molecule has 3 rings (SSSR count). The Balaban J connectivity index is 1.85. The zero-order valence-corrected chi connectivity index (χ0v) is 14.4. The summed E-state index contributed by atoms with van der Waals surface area (Å²) in [5.41, 5.74) is 0.567. The van der Waals surface area contributed by atoms with Crippen molar-refractivity contribution in [2.75, 3.05) is 0 Å². The first-order valence-electron chi connectivity index (χ1n) is 8.90. The van der Waals surface area contributed by atoms with Crippen molar-refractivity contribution >= 4 is 17.8 Å². The Morgan fingerprint density at radius 3 is 2.52 bits per heavy atom. The van der Waals surface area contributed by atoms with E-state index in [4.69, 9.17) is 5.11 Å². The Morgan fingerprint density at radius 2 is 1.84 bits per heavy atom. The molecule has 3 unspecified atom stereocenters. The minimum absolute atomic E-state index is 0.0670. The van der Waals surface area contributed by atoms with E-state index in [0.717, 1.165) is 25.7 Å². The number of nitrogens with zero attached hydrogens (tertiary/aromatic N) is 1. The van der Waals surface area contributed by atoms with E-state index >= 15 is 0 Å². The average Bonchev–Trinajstić information content (AvgIpc) is 3.01. The lowest BCUT2D eigenvalue weighted by atomic mass is 9.84. The molecular weight excluding hydrogens is 320 g/mol. The molecule has 25 heavy (non-hydrogen) atoms. The van der Waals surface area contributed by atoms with Crippen molar-refractivity contribution in [2.24, 2.45) is 5.92 Å². The molecular formula is C19H24N2O4. The number of benzene rings is 1. The highest BCUT2D eigenvalue weighted by Crippen LogP contribution is 2.40. The fourth-order valence-corrected chi connectivity index (χ4v) is 4.09. The summed E-state index contributed by atoms with van der Waals surface area (Å²) in [6.45, 7) is 1.44. The second-order valence-electron chi connectivity index (χ2n) is 7.01. The molecule has 2 N–H and O–H groups in total. The Kier molecular flexibility index (Phi) is 5.06. The molecule has 2 fully saturated rings. The van der Waals surface area contributed by atoms with Crippen molar-refractivity contribution in [3.05, 3.63) is 35.9 Å². The molecule has 1 aliphatic heterocycles. The van der Waals surface area contributed by atoms with E-state index in [1.54, 1.807) is 17.0 Å². The van der Waals surface area contributed by atoms with E-state index in [2.05, 4.69) is 5.32 Å². The van der Waals surface area contributed by atoms with E-state index < -0.39 is 18.1 Å². The van der Waals surface area contributed by atoms with Crippen molar-refractivity contribution in [3.63, 3.8) is 0 Å². The number of aliphatic carboxylic acids is 1. The standard InChI is InChI=1S/C19H24N2O4/c1-12(19(24)25)20-17(22)16-11-14-9-5-6-10-15(14)21(16)18(23)13-7-3-2-4-8-13/h2-4,7-8,12,14-16H,5-6,9-11H2,1H3,(H,20,22)(H,24,25)/t12-,14?,15?,16?/m0/s1. The number of likely N-dealkylation sites (tertiary alicyclic amines) is 1. The number of rotatable bonds is 4. The van der Waals surface area contributed by atoms with Gasteiger partial charge in [-0.2, -0.15) is 0 Å². The first-order valence-corrected chi connectivity index (χ1v) is 8.90. The minimum Gasteiger partial charge on any atom is -0.480 e. The molecule has 0 bridgehead atoms. The molecule has 2 amide bonds. The van der Waals surface area contributed by atoms with Gasteiger partial charge in [0.15, 0.2) is 0 Å². The number of hydrogen-bond donors (Lipinski definition) is 2. The third-order valence-corrected chi connectivity index (χ3v) is 5.38. The van der Waals surface area contributed by atoms with Crippen LogP contribution in [0.5, 0.6) is 0 Å². The molecule has 6 nitrogen and oxygen atoms in total. The second kappa shape index (κ2) is 7.25. The third-order valence-electron chi connectivity index (χ3n) is 5.38. The van der Waals surface area contributed by atoms with Crippen LogP contribution in [-0.4, -0.2) is 45.9 Å². The molecule has 2 aliphatic rings. The zero-order valence-electron chi connectivity index (χ0n) is 14.4. The highest BCUT2D eigenvalue weighted by molar-refractivity contribution is 5.98. The number of amides is 2. The maximum absolute atomic E-state index is 13.1. The van der Waals surface area contributed by atoms with Gasteiger partial charge in [-0.1, -0.05) is 31.0 Å². The molecule has 6 heteroatoms. The first-order chi connectivity index (χ1) is 12.0. The molecule has 1 aliphatic carbocycles. The summed E-state index contributed by atoms with van der Waals surface area (Å²) in [6.07, 6.45) is 4.71. The lowest BCUT2D eigenvalue weighted by molar-refractivity contribution is -0.141. The third kappa shape index (κ3) is 3.52. The summed E-state index contributed by atoms with van der Waals surface area (Å²) in [7, 11) is 0. The van der Waals surface area contributed by atoms with Gasteiger partial charge in [-0.15, -0.1) is 0 Å². The van der Waals surface area contributed by atoms with Crippen molar-refractivity contribution in [3.8, 4) is 0 Å². The monoisotopic (exact) mass is 344 g/mol. The fraction of sp³-hybridized carbons (Fsp3) is 0.526. The number of carbonyl (C=O) groups is 3. The van der Waals surface area contributed by atoms with Crippen LogP contribution in [0.3, 0.4) is 0 Å². The van der Waals surface area contributed by atoms with Gasteiger partial charge in [0.05, 0.1) is 0 Å². The quantitative estimate of drug-likeness (QED) is 0.875. The highest BCUT2D eigenvalue weighted by Gasteiger charge is 2.47. The minimum atomic E-state index is -1.08. The number of carboxylic acids is 1. The van der Waals surface area contributed by atoms with E-state index in [1.807, 2.05) is 18.2 Å². The van der Waals surface area contributed by atoms with Crippen molar-refractivity contribution in [2.45, 2.75) is 57.2 Å². The average molecular weight is 344 g/mol. The molecule has 0 aromatic heterocycles. The summed E-state index contributed by atoms with van der Waals surface area (Å²) in [5.74, 6) is -1.27. The molecule has 1 heterocycles. The summed E-state index contributed by atoms with van der Waals surface area (Å²) in [6, 6.07) is 7.49. The van der Waals surface area contributed by atoms with E-state index in [1.165, 1.54) is 6.92 Å². The van der Waals surface area contributed by atoms with Gasteiger partial charge in [0.25, 0.3) is 5.91 Å². The number of fused-ring (bicyclic) bond motifs is 1. The normalized spacial score (nSPS) is 26.6. The molecule has 4 atom stereocenters. The molecule has 1 aromatic rings. The maximum Gasteiger partial charge on any atom is 0.325 e. The molecule has 134 valence electrons. The molecule has 0 radical (unpaired) electrons. The Morgan fingerprint density at radius 1 is 1.16 bits per heavy atom. The van der Waals surface area contributed by atoms with Crippen LogP contribution in [0.25, 0.3) is 0 Å². The predicted molar refractivity (Wildman–Crippen MR) is 92.0 cm³/mol. The summed E-state index contributed by atoms with van der Waals surface area (Å²) < 4.78 is 0. The van der Waals surface area contributed by atoms with Crippen LogP contribution < -0.4 is 5.32 Å². The lowest BCUT2D eigenvalue weighted by Gasteiger charge is -2.33. The van der Waals surface area contributed by atoms with Gasteiger partial charge in [-0.3, -0.25) is 14.4 Å². The van der Waals surface area contributed by atoms with Gasteiger partial charge in [-0.05, 0) is 44.2 Å². The largest absolute Gasteiger partial charge is 0.480 e. The smallest absolute Gasteiger partial charge is 0.325 e. The van der Waals surface area contributed by atoms with E-state index in [9.17, 15) is 14.4 Å². The SMILES string of the molecule is C[C@H](NC(=O)C1CC2CCCCC2N1C(=O)c1ccccc1)C(=O)O. The summed E-state index contributed by atoms with van der Waals surface area (Å²) in [4.78, 5) is 38.5. The summed E-state index contributed by atoms with van der Waals surface area (Å²) in [5, 5.41) is 11.6. The Labute approximate surface area is 147 Å². The van der Waals surface area contributed by atoms with E-state index in [-0.39, 0.29) is 17.9 Å². The van der Waals surface area contributed by atoms with Crippen molar-refractivity contribution in [1.82, 2.24) is 10.2 Å². The van der Waals surface area contributed by atoms with Gasteiger partial charge in [0, 0.05) is 11.6 Å². The molecule has 0 spiro atoms. The maximum atomic E-state index is 13.1. The van der Waals surface area contributed by atoms with Crippen LogP contribution in [0.15, 0.2) is 30.3 Å². The van der Waals surface area contributed by atoms with Gasteiger partial charge >= 0.3 is 5.97 Å². The highest BCUT2D eigenvalue weighted by atomic mass is 16.4. The van der Waals surface area contributed by atoms with Gasteiger partial charge in [0.2, 0.25) is 5.91 Å². The van der Waals surface area contributed by atoms with E-state index in [0.29, 0.717) is 17.9 Å². The number of carbonyl (C=O) groups excluding carboxylic acids is 2. The second-order valence-corrected chi connectivity index (χ2v) is 7.01. The van der Waals surface area contributed by atoms with Gasteiger partial charge in [-0.25, -0.2) is 0 Å². The lowest BCUT2D eigenvalue weighted by Crippen LogP contribution is -2.52. The Hall–Kier alpha value is -2.37. The summed E-state index contributed by atoms with van der Waals surface area (Å²) >= 11 is 0. The van der Waals surface area contributed by atoms with Crippen molar-refractivity contribution in [1.29, 1.82) is 0 Å².